The number of likely N-dealkylation sites (tertiary alicyclic amines) is 1. The first-order valence-electron chi connectivity index (χ1n) is 9.10. The standard InChI is InChI=1S/C21H22N4O/c1-16-9-8-14-24(15-16)21(26)19-20(17-10-4-2-5-11-17)25(23-22-19)18-12-6-3-7-13-18/h2-7,10-13,16H,8-9,14-15H2,1H3. The van der Waals surface area contributed by atoms with Crippen LogP contribution in [0.2, 0.25) is 0 Å². The highest BCUT2D eigenvalue weighted by Gasteiger charge is 2.28. The lowest BCUT2D eigenvalue weighted by molar-refractivity contribution is 0.0678. The maximum atomic E-state index is 13.2. The summed E-state index contributed by atoms with van der Waals surface area (Å²) in [6, 6.07) is 19.7. The third-order valence-corrected chi connectivity index (χ3v) is 4.87. The molecule has 1 unspecified atom stereocenters. The minimum atomic E-state index is -0.0300. The van der Waals surface area contributed by atoms with Crippen molar-refractivity contribution in [1.29, 1.82) is 0 Å². The fourth-order valence-electron chi connectivity index (χ4n) is 3.55. The van der Waals surface area contributed by atoms with Gasteiger partial charge in [-0.25, -0.2) is 4.68 Å². The smallest absolute Gasteiger partial charge is 0.276 e. The Morgan fingerprint density at radius 2 is 1.73 bits per heavy atom. The lowest BCUT2D eigenvalue weighted by Gasteiger charge is -2.30. The number of nitrogens with zero attached hydrogens (tertiary/aromatic N) is 4. The Balaban J connectivity index is 1.80. The van der Waals surface area contributed by atoms with Crippen LogP contribution in [0.3, 0.4) is 0 Å². The minimum Gasteiger partial charge on any atom is -0.337 e. The van der Waals surface area contributed by atoms with Crippen molar-refractivity contribution >= 4 is 5.91 Å². The molecule has 1 aliphatic heterocycles. The van der Waals surface area contributed by atoms with Gasteiger partial charge in [-0.15, -0.1) is 5.10 Å². The summed E-state index contributed by atoms with van der Waals surface area (Å²) >= 11 is 0. The van der Waals surface area contributed by atoms with Gasteiger partial charge in [-0.2, -0.15) is 0 Å². The van der Waals surface area contributed by atoms with Gasteiger partial charge < -0.3 is 4.90 Å². The third kappa shape index (κ3) is 3.12. The Labute approximate surface area is 153 Å². The van der Waals surface area contributed by atoms with Crippen molar-refractivity contribution in [2.24, 2.45) is 5.92 Å². The van der Waals surface area contributed by atoms with Crippen LogP contribution in [0.5, 0.6) is 0 Å². The molecule has 1 saturated heterocycles. The van der Waals surface area contributed by atoms with Crippen molar-refractivity contribution in [3.05, 3.63) is 66.4 Å². The molecule has 0 radical (unpaired) electrons. The second-order valence-electron chi connectivity index (χ2n) is 6.90. The molecule has 0 aliphatic carbocycles. The van der Waals surface area contributed by atoms with Crippen LogP contribution in [0.1, 0.15) is 30.3 Å². The topological polar surface area (TPSA) is 51.0 Å². The second kappa shape index (κ2) is 7.12. The summed E-state index contributed by atoms with van der Waals surface area (Å²) in [4.78, 5) is 15.1. The average molecular weight is 346 g/mol. The largest absolute Gasteiger partial charge is 0.337 e. The van der Waals surface area contributed by atoms with Crippen molar-refractivity contribution < 1.29 is 4.79 Å². The summed E-state index contributed by atoms with van der Waals surface area (Å²) in [5.41, 5.74) is 3.01. The summed E-state index contributed by atoms with van der Waals surface area (Å²) in [5.74, 6) is 0.495. The van der Waals surface area contributed by atoms with Crippen LogP contribution in [0.25, 0.3) is 16.9 Å². The average Bonchev–Trinajstić information content (AvgIpc) is 3.14. The van der Waals surface area contributed by atoms with Gasteiger partial charge in [0, 0.05) is 18.7 Å². The predicted octanol–water partition coefficient (Wildman–Crippen LogP) is 3.81. The fraction of sp³-hybridized carbons (Fsp3) is 0.286. The quantitative estimate of drug-likeness (QED) is 0.725. The molecule has 1 fully saturated rings. The van der Waals surface area contributed by atoms with Crippen LogP contribution >= 0.6 is 0 Å². The fourth-order valence-corrected chi connectivity index (χ4v) is 3.55. The summed E-state index contributed by atoms with van der Waals surface area (Å²) in [6.45, 7) is 3.76. The lowest BCUT2D eigenvalue weighted by Crippen LogP contribution is -2.39. The van der Waals surface area contributed by atoms with E-state index < -0.39 is 0 Å². The van der Waals surface area contributed by atoms with Crippen molar-refractivity contribution in [1.82, 2.24) is 19.9 Å². The summed E-state index contributed by atoms with van der Waals surface area (Å²) < 4.78 is 1.76. The van der Waals surface area contributed by atoms with Gasteiger partial charge in [0.15, 0.2) is 5.69 Å². The van der Waals surface area contributed by atoms with E-state index in [0.29, 0.717) is 11.6 Å². The van der Waals surface area contributed by atoms with E-state index in [1.165, 1.54) is 6.42 Å². The molecule has 2 heterocycles. The second-order valence-corrected chi connectivity index (χ2v) is 6.90. The maximum Gasteiger partial charge on any atom is 0.276 e. The third-order valence-electron chi connectivity index (χ3n) is 4.87. The number of hydrogen-bond acceptors (Lipinski definition) is 3. The molecule has 4 rings (SSSR count). The number of rotatable bonds is 3. The molecule has 26 heavy (non-hydrogen) atoms. The van der Waals surface area contributed by atoms with Crippen molar-refractivity contribution in [3.8, 4) is 16.9 Å². The van der Waals surface area contributed by atoms with Crippen LogP contribution in [0.15, 0.2) is 60.7 Å². The monoisotopic (exact) mass is 346 g/mol. The van der Waals surface area contributed by atoms with Crippen LogP contribution in [-0.4, -0.2) is 38.9 Å². The molecular formula is C21H22N4O. The maximum absolute atomic E-state index is 13.2. The molecule has 2 aromatic carbocycles. The number of carbonyl (C=O) groups excluding carboxylic acids is 1. The molecule has 132 valence electrons. The molecule has 1 amide bonds. The highest BCUT2D eigenvalue weighted by Crippen LogP contribution is 2.27. The number of benzene rings is 2. The van der Waals surface area contributed by atoms with E-state index in [-0.39, 0.29) is 5.91 Å². The molecule has 1 atom stereocenters. The summed E-state index contributed by atoms with van der Waals surface area (Å²) in [6.07, 6.45) is 2.21. The first-order chi connectivity index (χ1) is 12.7. The zero-order valence-corrected chi connectivity index (χ0v) is 14.9. The zero-order valence-electron chi connectivity index (χ0n) is 14.9. The van der Waals surface area contributed by atoms with Crippen molar-refractivity contribution in [2.75, 3.05) is 13.1 Å². The first-order valence-corrected chi connectivity index (χ1v) is 9.10. The van der Waals surface area contributed by atoms with Gasteiger partial charge in [-0.3, -0.25) is 4.79 Å². The molecular weight excluding hydrogens is 324 g/mol. The molecule has 3 aromatic rings. The van der Waals surface area contributed by atoms with Gasteiger partial charge in [0.05, 0.1) is 5.69 Å². The molecule has 0 saturated carbocycles. The van der Waals surface area contributed by atoms with E-state index in [0.717, 1.165) is 36.5 Å². The van der Waals surface area contributed by atoms with Gasteiger partial charge in [0.1, 0.15) is 5.69 Å². The van der Waals surface area contributed by atoms with E-state index in [1.54, 1.807) is 4.68 Å². The number of hydrogen-bond donors (Lipinski definition) is 0. The Bertz CT molecular complexity index is 889. The molecule has 0 N–H and O–H groups in total. The number of carbonyl (C=O) groups is 1. The number of piperidine rings is 1. The van der Waals surface area contributed by atoms with E-state index in [9.17, 15) is 4.79 Å². The Kier molecular flexibility index (Phi) is 4.52. The van der Waals surface area contributed by atoms with E-state index in [1.807, 2.05) is 65.6 Å². The van der Waals surface area contributed by atoms with E-state index in [4.69, 9.17) is 0 Å². The Hall–Kier alpha value is -2.95. The van der Waals surface area contributed by atoms with Crippen LogP contribution in [0, 0.1) is 5.92 Å². The normalized spacial score (nSPS) is 17.3. The molecule has 0 spiro atoms. The van der Waals surface area contributed by atoms with Crippen LogP contribution in [0.4, 0.5) is 0 Å². The number of aromatic nitrogens is 3. The zero-order chi connectivity index (χ0) is 17.9. The highest BCUT2D eigenvalue weighted by molar-refractivity contribution is 5.98. The van der Waals surface area contributed by atoms with Gasteiger partial charge >= 0.3 is 0 Å². The van der Waals surface area contributed by atoms with Gasteiger partial charge in [0.2, 0.25) is 0 Å². The molecule has 1 aromatic heterocycles. The Morgan fingerprint density at radius 3 is 2.42 bits per heavy atom. The predicted molar refractivity (Wildman–Crippen MR) is 101 cm³/mol. The first kappa shape index (κ1) is 16.5. The molecule has 5 nitrogen and oxygen atoms in total. The van der Waals surface area contributed by atoms with Gasteiger partial charge in [-0.1, -0.05) is 60.7 Å². The van der Waals surface area contributed by atoms with Crippen LogP contribution < -0.4 is 0 Å². The minimum absolute atomic E-state index is 0.0300. The van der Waals surface area contributed by atoms with Crippen molar-refractivity contribution in [3.63, 3.8) is 0 Å². The van der Waals surface area contributed by atoms with E-state index in [2.05, 4.69) is 17.2 Å². The summed E-state index contributed by atoms with van der Waals surface area (Å²) in [5, 5.41) is 8.61. The van der Waals surface area contributed by atoms with Crippen LogP contribution in [-0.2, 0) is 0 Å². The lowest BCUT2D eigenvalue weighted by atomic mass is 9.99. The Morgan fingerprint density at radius 1 is 1.04 bits per heavy atom. The van der Waals surface area contributed by atoms with Gasteiger partial charge in [-0.05, 0) is 30.9 Å². The summed E-state index contributed by atoms with van der Waals surface area (Å²) in [7, 11) is 0. The SMILES string of the molecule is CC1CCCN(C(=O)c2nnn(-c3ccccc3)c2-c2ccccc2)C1. The molecule has 5 heteroatoms. The van der Waals surface area contributed by atoms with Crippen molar-refractivity contribution in [2.45, 2.75) is 19.8 Å². The molecule has 0 bridgehead atoms. The number of amides is 1. The van der Waals surface area contributed by atoms with E-state index >= 15 is 0 Å². The molecule has 1 aliphatic rings. The number of para-hydroxylation sites is 1. The van der Waals surface area contributed by atoms with Gasteiger partial charge in [0.25, 0.3) is 5.91 Å². The highest BCUT2D eigenvalue weighted by atomic mass is 16.2.